The van der Waals surface area contributed by atoms with Gasteiger partial charge in [0, 0.05) is 23.9 Å². The second-order valence-electron chi connectivity index (χ2n) is 7.00. The Kier molecular flexibility index (Phi) is 5.17. The molecular formula is C22H19N3O5S. The summed E-state index contributed by atoms with van der Waals surface area (Å²) >= 11 is 1.35. The minimum absolute atomic E-state index is 0.0238. The van der Waals surface area contributed by atoms with Crippen molar-refractivity contribution in [1.82, 2.24) is 4.98 Å². The van der Waals surface area contributed by atoms with E-state index >= 15 is 0 Å². The lowest BCUT2D eigenvalue weighted by Crippen LogP contribution is -2.40. The molecule has 0 bridgehead atoms. The van der Waals surface area contributed by atoms with Gasteiger partial charge in [0.15, 0.2) is 23.2 Å². The Balaban J connectivity index is 1.22. The van der Waals surface area contributed by atoms with Crippen LogP contribution in [0.3, 0.4) is 0 Å². The molecule has 0 saturated carbocycles. The number of fused-ring (bicyclic) bond motifs is 2. The monoisotopic (exact) mass is 437 g/mol. The van der Waals surface area contributed by atoms with Gasteiger partial charge in [0.05, 0.1) is 11.4 Å². The van der Waals surface area contributed by atoms with Crippen LogP contribution in [-0.4, -0.2) is 43.2 Å². The maximum Gasteiger partial charge on any atom is 0.265 e. The third kappa shape index (κ3) is 4.04. The van der Waals surface area contributed by atoms with E-state index in [0.29, 0.717) is 35.5 Å². The van der Waals surface area contributed by atoms with Crippen LogP contribution >= 0.6 is 11.3 Å². The minimum Gasteiger partial charge on any atom is -0.486 e. The van der Waals surface area contributed by atoms with Crippen molar-refractivity contribution in [3.8, 4) is 28.5 Å². The number of aromatic nitrogens is 1. The SMILES string of the molecule is O=C(CCN1C(=O)COc2ccccc21)Nc1nc(-c2ccc3c(c2)OCCO3)cs1. The fourth-order valence-corrected chi connectivity index (χ4v) is 4.20. The van der Waals surface area contributed by atoms with Crippen molar-refractivity contribution in [2.45, 2.75) is 6.42 Å². The fourth-order valence-electron chi connectivity index (χ4n) is 3.46. The predicted molar refractivity (Wildman–Crippen MR) is 116 cm³/mol. The number of nitrogens with one attached hydrogen (secondary N) is 1. The van der Waals surface area contributed by atoms with E-state index in [1.54, 1.807) is 4.90 Å². The minimum atomic E-state index is -0.208. The van der Waals surface area contributed by atoms with Crippen molar-refractivity contribution >= 4 is 34.0 Å². The third-order valence-corrected chi connectivity index (χ3v) is 5.72. The molecule has 2 aromatic carbocycles. The zero-order chi connectivity index (χ0) is 21.2. The van der Waals surface area contributed by atoms with Crippen LogP contribution < -0.4 is 24.4 Å². The number of amides is 2. The number of hydrogen-bond acceptors (Lipinski definition) is 7. The van der Waals surface area contributed by atoms with Crippen molar-refractivity contribution in [3.63, 3.8) is 0 Å². The van der Waals surface area contributed by atoms with E-state index in [1.165, 1.54) is 11.3 Å². The highest BCUT2D eigenvalue weighted by molar-refractivity contribution is 7.14. The van der Waals surface area contributed by atoms with Crippen LogP contribution in [0.15, 0.2) is 47.8 Å². The fraction of sp³-hybridized carbons (Fsp3) is 0.227. The molecule has 2 aliphatic heterocycles. The van der Waals surface area contributed by atoms with Gasteiger partial charge in [-0.3, -0.25) is 9.59 Å². The third-order valence-electron chi connectivity index (χ3n) is 4.96. The lowest BCUT2D eigenvalue weighted by Gasteiger charge is -2.29. The molecule has 8 nitrogen and oxygen atoms in total. The molecule has 0 fully saturated rings. The van der Waals surface area contributed by atoms with E-state index in [2.05, 4.69) is 10.3 Å². The number of ether oxygens (including phenoxy) is 3. The molecule has 158 valence electrons. The number of carbonyl (C=O) groups is 2. The van der Waals surface area contributed by atoms with Crippen molar-refractivity contribution in [1.29, 1.82) is 0 Å². The molecule has 1 N–H and O–H groups in total. The summed E-state index contributed by atoms with van der Waals surface area (Å²) in [5.74, 6) is 1.68. The summed E-state index contributed by atoms with van der Waals surface area (Å²) in [6, 6.07) is 13.0. The molecule has 3 heterocycles. The van der Waals surface area contributed by atoms with Crippen LogP contribution in [0.1, 0.15) is 6.42 Å². The molecule has 3 aromatic rings. The molecule has 0 spiro atoms. The Labute approximate surface area is 182 Å². The van der Waals surface area contributed by atoms with E-state index in [-0.39, 0.29) is 31.4 Å². The lowest BCUT2D eigenvalue weighted by molar-refractivity contribution is -0.121. The van der Waals surface area contributed by atoms with E-state index in [0.717, 1.165) is 17.0 Å². The standard InChI is InChI=1S/C22H19N3O5S/c26-20(7-8-25-16-3-1-2-4-17(16)30-12-21(25)27)24-22-23-15(13-31-22)14-5-6-18-19(11-14)29-10-9-28-18/h1-6,11,13H,7-10,12H2,(H,23,24,26). The summed E-state index contributed by atoms with van der Waals surface area (Å²) in [6.07, 6.45) is 0.152. The summed E-state index contributed by atoms with van der Waals surface area (Å²) in [6.45, 7) is 1.31. The summed E-state index contributed by atoms with van der Waals surface area (Å²) in [5.41, 5.74) is 2.31. The van der Waals surface area contributed by atoms with Crippen LogP contribution in [0.25, 0.3) is 11.3 Å². The second-order valence-corrected chi connectivity index (χ2v) is 7.85. The Morgan fingerprint density at radius 2 is 1.90 bits per heavy atom. The highest BCUT2D eigenvalue weighted by Crippen LogP contribution is 2.35. The van der Waals surface area contributed by atoms with Crippen molar-refractivity contribution in [2.75, 3.05) is 36.6 Å². The topological polar surface area (TPSA) is 90.0 Å². The number of thiazole rings is 1. The Bertz CT molecular complexity index is 1150. The first kappa shape index (κ1) is 19.4. The molecule has 0 aliphatic carbocycles. The first-order valence-corrected chi connectivity index (χ1v) is 10.7. The number of benzene rings is 2. The lowest BCUT2D eigenvalue weighted by atomic mass is 10.1. The molecule has 9 heteroatoms. The first-order chi connectivity index (χ1) is 15.2. The van der Waals surface area contributed by atoms with Gasteiger partial charge in [0.2, 0.25) is 5.91 Å². The number of para-hydroxylation sites is 2. The van der Waals surface area contributed by atoms with Crippen LogP contribution in [-0.2, 0) is 9.59 Å². The molecule has 0 atom stereocenters. The van der Waals surface area contributed by atoms with Crippen LogP contribution in [0.2, 0.25) is 0 Å². The van der Waals surface area contributed by atoms with Gasteiger partial charge in [0.25, 0.3) is 5.91 Å². The molecule has 0 saturated heterocycles. The molecule has 2 amide bonds. The zero-order valence-electron chi connectivity index (χ0n) is 16.5. The quantitative estimate of drug-likeness (QED) is 0.659. The van der Waals surface area contributed by atoms with Crippen LogP contribution in [0.4, 0.5) is 10.8 Å². The van der Waals surface area contributed by atoms with Crippen LogP contribution in [0.5, 0.6) is 17.2 Å². The average Bonchev–Trinajstić information content (AvgIpc) is 3.26. The molecule has 0 radical (unpaired) electrons. The van der Waals surface area contributed by atoms with Gasteiger partial charge >= 0.3 is 0 Å². The average molecular weight is 437 g/mol. The van der Waals surface area contributed by atoms with E-state index in [4.69, 9.17) is 14.2 Å². The maximum absolute atomic E-state index is 12.5. The van der Waals surface area contributed by atoms with Gasteiger partial charge in [-0.2, -0.15) is 0 Å². The van der Waals surface area contributed by atoms with Gasteiger partial charge in [-0.15, -0.1) is 11.3 Å². The van der Waals surface area contributed by atoms with E-state index in [9.17, 15) is 9.59 Å². The number of anilines is 2. The van der Waals surface area contributed by atoms with Crippen molar-refractivity contribution in [3.05, 3.63) is 47.8 Å². The summed E-state index contributed by atoms with van der Waals surface area (Å²) < 4.78 is 16.6. The van der Waals surface area contributed by atoms with Crippen molar-refractivity contribution in [2.24, 2.45) is 0 Å². The summed E-state index contributed by atoms with van der Waals surface area (Å²) in [5, 5.41) is 5.20. The van der Waals surface area contributed by atoms with Gasteiger partial charge in [0.1, 0.15) is 19.0 Å². The van der Waals surface area contributed by atoms with E-state index < -0.39 is 0 Å². The largest absolute Gasteiger partial charge is 0.486 e. The summed E-state index contributed by atoms with van der Waals surface area (Å²) in [4.78, 5) is 30.8. The molecule has 0 unspecified atom stereocenters. The van der Waals surface area contributed by atoms with Crippen molar-refractivity contribution < 1.29 is 23.8 Å². The highest BCUT2D eigenvalue weighted by Gasteiger charge is 2.25. The Morgan fingerprint density at radius 3 is 2.81 bits per heavy atom. The van der Waals surface area contributed by atoms with Gasteiger partial charge in [-0.05, 0) is 30.3 Å². The normalized spacial score (nSPS) is 14.6. The van der Waals surface area contributed by atoms with E-state index in [1.807, 2.05) is 47.8 Å². The molecule has 31 heavy (non-hydrogen) atoms. The zero-order valence-corrected chi connectivity index (χ0v) is 17.3. The Morgan fingerprint density at radius 1 is 1.06 bits per heavy atom. The number of carbonyl (C=O) groups excluding carboxylic acids is 2. The van der Waals surface area contributed by atoms with Gasteiger partial charge in [-0.25, -0.2) is 4.98 Å². The smallest absolute Gasteiger partial charge is 0.265 e. The molecule has 2 aliphatic rings. The summed E-state index contributed by atoms with van der Waals surface area (Å²) in [7, 11) is 0. The van der Waals surface area contributed by atoms with Crippen LogP contribution in [0, 0.1) is 0 Å². The molecule has 5 rings (SSSR count). The highest BCUT2D eigenvalue weighted by atomic mass is 32.1. The van der Waals surface area contributed by atoms with Gasteiger partial charge in [-0.1, -0.05) is 12.1 Å². The maximum atomic E-state index is 12.5. The Hall–Kier alpha value is -3.59. The second kappa shape index (κ2) is 8.27. The molecular weight excluding hydrogens is 418 g/mol. The van der Waals surface area contributed by atoms with Gasteiger partial charge < -0.3 is 24.4 Å². The predicted octanol–water partition coefficient (Wildman–Crippen LogP) is 3.34. The number of nitrogens with zero attached hydrogens (tertiary/aromatic N) is 2. The number of hydrogen-bond donors (Lipinski definition) is 1. The molecule has 1 aromatic heterocycles. The number of rotatable bonds is 5. The first-order valence-electron chi connectivity index (χ1n) is 9.85.